The van der Waals surface area contributed by atoms with Crippen molar-refractivity contribution in [3.05, 3.63) is 78.0 Å². The van der Waals surface area contributed by atoms with Crippen LogP contribution in [0.4, 0.5) is 0 Å². The molecule has 0 aliphatic heterocycles. The molecule has 0 saturated heterocycles. The molecule has 3 rings (SSSR count). The molecule has 22 heavy (non-hydrogen) atoms. The monoisotopic (exact) mass is 290 g/mol. The van der Waals surface area contributed by atoms with Gasteiger partial charge in [0.25, 0.3) is 0 Å². The Morgan fingerprint density at radius 2 is 1.59 bits per heavy atom. The molecule has 0 radical (unpaired) electrons. The van der Waals surface area contributed by atoms with E-state index in [1.165, 1.54) is 13.3 Å². The first kappa shape index (κ1) is 13.9. The van der Waals surface area contributed by atoms with E-state index in [1.807, 2.05) is 48.5 Å². The third-order valence-electron chi connectivity index (χ3n) is 3.28. The first-order valence-corrected chi connectivity index (χ1v) is 6.86. The number of rotatable bonds is 4. The van der Waals surface area contributed by atoms with Crippen molar-refractivity contribution in [2.24, 2.45) is 0 Å². The fourth-order valence-electron chi connectivity index (χ4n) is 2.19. The molecule has 1 aromatic heterocycles. The molecule has 0 aliphatic carbocycles. The van der Waals surface area contributed by atoms with Crippen LogP contribution in [-0.2, 0) is 0 Å². The molecule has 0 atom stereocenters. The third kappa shape index (κ3) is 2.72. The summed E-state index contributed by atoms with van der Waals surface area (Å²) in [6, 6.07) is 18.9. The number of carbonyl (C=O) groups is 1. The second kappa shape index (κ2) is 6.18. The molecule has 1 heterocycles. The van der Waals surface area contributed by atoms with Gasteiger partial charge in [-0.05, 0) is 0 Å². The van der Waals surface area contributed by atoms with Crippen molar-refractivity contribution < 1.29 is 9.53 Å². The van der Waals surface area contributed by atoms with E-state index in [9.17, 15) is 4.79 Å². The van der Waals surface area contributed by atoms with Crippen LogP contribution in [-0.4, -0.2) is 22.9 Å². The van der Waals surface area contributed by atoms with Crippen LogP contribution in [0.3, 0.4) is 0 Å². The van der Waals surface area contributed by atoms with Gasteiger partial charge in [-0.1, -0.05) is 60.7 Å². The number of hydrogen-bond donors (Lipinski definition) is 0. The molecule has 2 aromatic carbocycles. The van der Waals surface area contributed by atoms with Gasteiger partial charge < -0.3 is 4.74 Å². The van der Waals surface area contributed by atoms with Crippen molar-refractivity contribution in [2.75, 3.05) is 7.11 Å². The maximum atomic E-state index is 12.7. The molecule has 0 saturated carbocycles. The van der Waals surface area contributed by atoms with Crippen molar-refractivity contribution in [1.29, 1.82) is 0 Å². The number of methoxy groups -OCH3 is 1. The van der Waals surface area contributed by atoms with Crippen LogP contribution < -0.4 is 4.74 Å². The minimum absolute atomic E-state index is 0.109. The highest BCUT2D eigenvalue weighted by atomic mass is 16.5. The zero-order chi connectivity index (χ0) is 15.4. The van der Waals surface area contributed by atoms with Crippen LogP contribution in [0.15, 0.2) is 66.9 Å². The highest BCUT2D eigenvalue weighted by molar-refractivity contribution is 6.12. The topological polar surface area (TPSA) is 52.1 Å². The van der Waals surface area contributed by atoms with Gasteiger partial charge >= 0.3 is 6.01 Å². The summed E-state index contributed by atoms with van der Waals surface area (Å²) in [4.78, 5) is 21.1. The molecule has 0 unspecified atom stereocenters. The van der Waals surface area contributed by atoms with E-state index in [4.69, 9.17) is 4.74 Å². The van der Waals surface area contributed by atoms with Gasteiger partial charge in [0.15, 0.2) is 5.78 Å². The number of nitrogens with zero attached hydrogens (tertiary/aromatic N) is 2. The summed E-state index contributed by atoms with van der Waals surface area (Å²) >= 11 is 0. The summed E-state index contributed by atoms with van der Waals surface area (Å²) in [5.41, 5.74) is 2.48. The second-order valence-electron chi connectivity index (χ2n) is 4.68. The first-order chi connectivity index (χ1) is 10.8. The Morgan fingerprint density at radius 1 is 0.955 bits per heavy atom. The van der Waals surface area contributed by atoms with Gasteiger partial charge in [-0.25, -0.2) is 4.98 Å². The Hall–Kier alpha value is -3.01. The molecule has 108 valence electrons. The van der Waals surface area contributed by atoms with E-state index in [1.54, 1.807) is 12.1 Å². The van der Waals surface area contributed by atoms with Gasteiger partial charge in [-0.3, -0.25) is 4.79 Å². The lowest BCUT2D eigenvalue weighted by Crippen LogP contribution is -2.07. The molecule has 0 N–H and O–H groups in total. The average molecular weight is 290 g/mol. The molecule has 0 aliphatic rings. The van der Waals surface area contributed by atoms with Crippen molar-refractivity contribution in [3.63, 3.8) is 0 Å². The van der Waals surface area contributed by atoms with E-state index < -0.39 is 0 Å². The Labute approximate surface area is 128 Å². The fourth-order valence-corrected chi connectivity index (χ4v) is 2.19. The van der Waals surface area contributed by atoms with Gasteiger partial charge in [0.2, 0.25) is 0 Å². The lowest BCUT2D eigenvalue weighted by atomic mass is 10.00. The minimum Gasteiger partial charge on any atom is -0.467 e. The first-order valence-electron chi connectivity index (χ1n) is 6.86. The van der Waals surface area contributed by atoms with Gasteiger partial charge in [-0.2, -0.15) is 4.98 Å². The normalized spacial score (nSPS) is 10.2. The summed E-state index contributed by atoms with van der Waals surface area (Å²) in [7, 11) is 1.50. The Bertz CT molecular complexity index is 787. The van der Waals surface area contributed by atoms with Gasteiger partial charge in [0.1, 0.15) is 0 Å². The van der Waals surface area contributed by atoms with Crippen LogP contribution in [0.1, 0.15) is 15.9 Å². The molecule has 0 amide bonds. The van der Waals surface area contributed by atoms with Crippen LogP contribution >= 0.6 is 0 Å². The predicted octanol–water partition coefficient (Wildman–Crippen LogP) is 3.38. The fraction of sp³-hybridized carbons (Fsp3) is 0.0556. The zero-order valence-corrected chi connectivity index (χ0v) is 12.1. The lowest BCUT2D eigenvalue weighted by molar-refractivity contribution is 0.103. The standard InChI is InChI=1S/C18H14N2O2/c1-22-18-19-12-15(17(21)14-10-6-3-7-11-14)16(20-18)13-8-4-2-5-9-13/h2-12H,1H3. The van der Waals surface area contributed by atoms with E-state index in [2.05, 4.69) is 9.97 Å². The number of aromatic nitrogens is 2. The SMILES string of the molecule is COc1ncc(C(=O)c2ccccc2)c(-c2ccccc2)n1. The third-order valence-corrected chi connectivity index (χ3v) is 3.28. The number of hydrogen-bond acceptors (Lipinski definition) is 4. The highest BCUT2D eigenvalue weighted by Gasteiger charge is 2.17. The summed E-state index contributed by atoms with van der Waals surface area (Å²) in [6.07, 6.45) is 1.52. The molecule has 0 spiro atoms. The van der Waals surface area contributed by atoms with Crippen LogP contribution in [0.2, 0.25) is 0 Å². The van der Waals surface area contributed by atoms with Crippen molar-refractivity contribution in [1.82, 2.24) is 9.97 Å². The minimum atomic E-state index is -0.109. The van der Waals surface area contributed by atoms with Crippen molar-refractivity contribution in [2.45, 2.75) is 0 Å². The largest absolute Gasteiger partial charge is 0.467 e. The highest BCUT2D eigenvalue weighted by Crippen LogP contribution is 2.24. The van der Waals surface area contributed by atoms with Gasteiger partial charge in [-0.15, -0.1) is 0 Å². The zero-order valence-electron chi connectivity index (χ0n) is 12.1. The average Bonchev–Trinajstić information content (AvgIpc) is 2.62. The van der Waals surface area contributed by atoms with Crippen molar-refractivity contribution >= 4 is 5.78 Å². The second-order valence-corrected chi connectivity index (χ2v) is 4.68. The van der Waals surface area contributed by atoms with E-state index >= 15 is 0 Å². The number of benzene rings is 2. The summed E-state index contributed by atoms with van der Waals surface area (Å²) in [6.45, 7) is 0. The molecule has 0 fully saturated rings. The van der Waals surface area contributed by atoms with Crippen LogP contribution in [0.5, 0.6) is 6.01 Å². The molecule has 4 heteroatoms. The van der Waals surface area contributed by atoms with Gasteiger partial charge in [0, 0.05) is 17.3 Å². The Balaban J connectivity index is 2.14. The van der Waals surface area contributed by atoms with E-state index in [0.29, 0.717) is 16.8 Å². The van der Waals surface area contributed by atoms with Crippen LogP contribution in [0, 0.1) is 0 Å². The maximum Gasteiger partial charge on any atom is 0.316 e. The van der Waals surface area contributed by atoms with Crippen molar-refractivity contribution in [3.8, 4) is 17.3 Å². The molecule has 4 nitrogen and oxygen atoms in total. The van der Waals surface area contributed by atoms with E-state index in [0.717, 1.165) is 5.56 Å². The summed E-state index contributed by atoms with van der Waals surface area (Å²) in [5.74, 6) is -0.109. The summed E-state index contributed by atoms with van der Waals surface area (Å²) < 4.78 is 5.08. The molecular formula is C18H14N2O2. The molecular weight excluding hydrogens is 276 g/mol. The van der Waals surface area contributed by atoms with Crippen LogP contribution in [0.25, 0.3) is 11.3 Å². The predicted molar refractivity (Wildman–Crippen MR) is 83.9 cm³/mol. The number of ketones is 1. The Kier molecular flexibility index (Phi) is 3.92. The summed E-state index contributed by atoms with van der Waals surface area (Å²) in [5, 5.41) is 0. The Morgan fingerprint density at radius 3 is 2.23 bits per heavy atom. The number of carbonyl (C=O) groups excluding carboxylic acids is 1. The quantitative estimate of drug-likeness (QED) is 0.691. The number of ether oxygens (including phenoxy) is 1. The maximum absolute atomic E-state index is 12.7. The van der Waals surface area contributed by atoms with Gasteiger partial charge in [0.05, 0.1) is 18.4 Å². The lowest BCUT2D eigenvalue weighted by Gasteiger charge is -2.09. The molecule has 0 bridgehead atoms. The smallest absolute Gasteiger partial charge is 0.316 e. The van der Waals surface area contributed by atoms with E-state index in [-0.39, 0.29) is 11.8 Å². The molecule has 3 aromatic rings.